The summed E-state index contributed by atoms with van der Waals surface area (Å²) in [6.45, 7) is 7.98. The van der Waals surface area contributed by atoms with Gasteiger partial charge >= 0.3 is 7.12 Å². The Hall–Kier alpha value is -2.14. The van der Waals surface area contributed by atoms with Gasteiger partial charge in [0.2, 0.25) is 0 Å². The first-order valence-corrected chi connectivity index (χ1v) is 9.40. The minimum Gasteiger partial charge on any atom is -0.400 e. The molecule has 3 aromatic rings. The van der Waals surface area contributed by atoms with Gasteiger partial charge in [-0.1, -0.05) is 54.6 Å². The molecule has 0 saturated carbocycles. The molecule has 1 N–H and O–H groups in total. The molecule has 1 saturated heterocycles. The number of fused-ring (bicyclic) bond motifs is 2. The Morgan fingerprint density at radius 1 is 0.889 bits per heavy atom. The van der Waals surface area contributed by atoms with Crippen LogP contribution in [0.3, 0.4) is 0 Å². The fraction of sp³-hybridized carbons (Fsp3) is 0.304. The summed E-state index contributed by atoms with van der Waals surface area (Å²) >= 11 is 0. The van der Waals surface area contributed by atoms with Crippen LogP contribution >= 0.6 is 0 Å². The van der Waals surface area contributed by atoms with Crippen LogP contribution < -0.4 is 0 Å². The molecule has 0 bridgehead atoms. The average molecular weight is 360 g/mol. The molecule has 27 heavy (non-hydrogen) atoms. The van der Waals surface area contributed by atoms with Crippen LogP contribution in [0.5, 0.6) is 0 Å². The molecule has 138 valence electrons. The maximum absolute atomic E-state index is 10.1. The molecule has 0 spiro atoms. The van der Waals surface area contributed by atoms with Crippen molar-refractivity contribution < 1.29 is 14.4 Å². The molecule has 1 fully saturated rings. The van der Waals surface area contributed by atoms with Crippen LogP contribution in [0.4, 0.5) is 0 Å². The van der Waals surface area contributed by atoms with Crippen LogP contribution in [-0.2, 0) is 9.31 Å². The standard InChI is InChI=1S/C23H25BO3/c1-22(2)23(3,4)27-24(26-22)18(15-25)14-21-19-11-7-5-9-16(19)13-17-10-6-8-12-20(17)21/h5-14,25H,15H2,1-4H3. The summed E-state index contributed by atoms with van der Waals surface area (Å²) in [6.07, 6.45) is 2.03. The van der Waals surface area contributed by atoms with E-state index in [1.165, 1.54) is 10.8 Å². The van der Waals surface area contributed by atoms with Crippen molar-refractivity contribution in [3.05, 3.63) is 65.6 Å². The lowest BCUT2D eigenvalue weighted by Gasteiger charge is -2.32. The fourth-order valence-corrected chi connectivity index (χ4v) is 3.57. The second-order valence-corrected chi connectivity index (χ2v) is 8.20. The number of hydrogen-bond acceptors (Lipinski definition) is 3. The number of hydrogen-bond donors (Lipinski definition) is 1. The van der Waals surface area contributed by atoms with Gasteiger partial charge in [0.05, 0.1) is 17.8 Å². The molecular weight excluding hydrogens is 335 g/mol. The molecule has 4 heteroatoms. The van der Waals surface area contributed by atoms with E-state index in [0.29, 0.717) is 0 Å². The van der Waals surface area contributed by atoms with Crippen molar-refractivity contribution in [1.82, 2.24) is 0 Å². The lowest BCUT2D eigenvalue weighted by atomic mass is 9.77. The maximum atomic E-state index is 10.1. The van der Waals surface area contributed by atoms with E-state index < -0.39 is 18.3 Å². The molecule has 0 aliphatic carbocycles. The van der Waals surface area contributed by atoms with Gasteiger partial charge in [-0.25, -0.2) is 0 Å². The Kier molecular flexibility index (Phi) is 4.38. The molecule has 1 aliphatic rings. The summed E-state index contributed by atoms with van der Waals surface area (Å²) < 4.78 is 12.3. The van der Waals surface area contributed by atoms with Gasteiger partial charge in [-0.2, -0.15) is 0 Å². The van der Waals surface area contributed by atoms with E-state index in [-0.39, 0.29) is 6.61 Å². The van der Waals surface area contributed by atoms with E-state index in [4.69, 9.17) is 9.31 Å². The Morgan fingerprint density at radius 2 is 1.37 bits per heavy atom. The molecule has 4 rings (SSSR count). The average Bonchev–Trinajstić information content (AvgIpc) is 2.86. The van der Waals surface area contributed by atoms with Crippen LogP contribution in [0.15, 0.2) is 60.1 Å². The Bertz CT molecular complexity index is 966. The van der Waals surface area contributed by atoms with E-state index in [1.807, 2.05) is 58.0 Å². The van der Waals surface area contributed by atoms with Gasteiger partial charge < -0.3 is 14.4 Å². The predicted octanol–water partition coefficient (Wildman–Crippen LogP) is 5.00. The first-order valence-electron chi connectivity index (χ1n) is 9.40. The zero-order valence-electron chi connectivity index (χ0n) is 16.3. The lowest BCUT2D eigenvalue weighted by molar-refractivity contribution is 0.00578. The molecule has 0 amide bonds. The second kappa shape index (κ2) is 6.48. The van der Waals surface area contributed by atoms with E-state index >= 15 is 0 Å². The third-order valence-electron chi connectivity index (χ3n) is 5.88. The highest BCUT2D eigenvalue weighted by molar-refractivity contribution is 6.56. The van der Waals surface area contributed by atoms with Crippen molar-refractivity contribution >= 4 is 34.7 Å². The molecule has 0 aromatic heterocycles. The quantitative estimate of drug-likeness (QED) is 0.528. The second-order valence-electron chi connectivity index (χ2n) is 8.20. The van der Waals surface area contributed by atoms with Crippen molar-refractivity contribution in [1.29, 1.82) is 0 Å². The Balaban J connectivity index is 1.90. The zero-order valence-corrected chi connectivity index (χ0v) is 16.3. The highest BCUT2D eigenvalue weighted by Gasteiger charge is 2.52. The van der Waals surface area contributed by atoms with Gasteiger partial charge in [-0.15, -0.1) is 0 Å². The molecule has 0 radical (unpaired) electrons. The number of aliphatic hydroxyl groups excluding tert-OH is 1. The third kappa shape index (κ3) is 3.08. The normalized spacial score (nSPS) is 19.1. The minimum absolute atomic E-state index is 0.117. The van der Waals surface area contributed by atoms with Crippen LogP contribution in [0.25, 0.3) is 27.6 Å². The Morgan fingerprint density at radius 3 is 1.85 bits per heavy atom. The summed E-state index contributed by atoms with van der Waals surface area (Å²) in [5.74, 6) is 0. The predicted molar refractivity (Wildman–Crippen MR) is 113 cm³/mol. The van der Waals surface area contributed by atoms with Crippen LogP contribution in [0.1, 0.15) is 33.3 Å². The van der Waals surface area contributed by atoms with Gasteiger partial charge in [0.15, 0.2) is 0 Å². The minimum atomic E-state index is -0.558. The molecule has 1 aliphatic heterocycles. The van der Waals surface area contributed by atoms with Gasteiger partial charge in [0.1, 0.15) is 0 Å². The van der Waals surface area contributed by atoms with Crippen LogP contribution in [-0.4, -0.2) is 30.0 Å². The van der Waals surface area contributed by atoms with E-state index in [0.717, 1.165) is 21.8 Å². The summed E-state index contributed by atoms with van der Waals surface area (Å²) in [6, 6.07) is 18.9. The molecular formula is C23H25BO3. The highest BCUT2D eigenvalue weighted by atomic mass is 16.7. The van der Waals surface area contributed by atoms with Crippen molar-refractivity contribution in [3.8, 4) is 0 Å². The number of benzene rings is 3. The van der Waals surface area contributed by atoms with Gasteiger partial charge in [0.25, 0.3) is 0 Å². The van der Waals surface area contributed by atoms with Gasteiger partial charge in [-0.3, -0.25) is 0 Å². The van der Waals surface area contributed by atoms with Crippen molar-refractivity contribution in [2.75, 3.05) is 6.61 Å². The SMILES string of the molecule is CC1(C)OB(C(=Cc2c3ccccc3cc3ccccc23)CO)OC1(C)C. The summed E-state index contributed by atoms with van der Waals surface area (Å²) in [5, 5.41) is 14.8. The van der Waals surface area contributed by atoms with Crippen LogP contribution in [0.2, 0.25) is 0 Å². The first kappa shape index (κ1) is 18.2. The lowest BCUT2D eigenvalue weighted by Crippen LogP contribution is -2.41. The highest BCUT2D eigenvalue weighted by Crippen LogP contribution is 2.39. The molecule has 1 heterocycles. The van der Waals surface area contributed by atoms with Crippen molar-refractivity contribution in [3.63, 3.8) is 0 Å². The van der Waals surface area contributed by atoms with Crippen molar-refractivity contribution in [2.45, 2.75) is 38.9 Å². The number of aliphatic hydroxyl groups is 1. The van der Waals surface area contributed by atoms with Gasteiger partial charge in [0, 0.05) is 0 Å². The summed E-state index contributed by atoms with van der Waals surface area (Å²) in [7, 11) is -0.558. The smallest absolute Gasteiger partial charge is 0.400 e. The molecule has 0 unspecified atom stereocenters. The third-order valence-corrected chi connectivity index (χ3v) is 5.88. The molecule has 3 nitrogen and oxygen atoms in total. The van der Waals surface area contributed by atoms with E-state index in [1.54, 1.807) is 0 Å². The number of rotatable bonds is 3. The van der Waals surface area contributed by atoms with Crippen LogP contribution in [0, 0.1) is 0 Å². The maximum Gasteiger partial charge on any atom is 0.492 e. The molecule has 3 aromatic carbocycles. The Labute approximate surface area is 160 Å². The van der Waals surface area contributed by atoms with E-state index in [2.05, 4.69) is 30.3 Å². The topological polar surface area (TPSA) is 38.7 Å². The van der Waals surface area contributed by atoms with Gasteiger partial charge in [-0.05, 0) is 66.3 Å². The van der Waals surface area contributed by atoms with Crippen molar-refractivity contribution in [2.24, 2.45) is 0 Å². The zero-order chi connectivity index (χ0) is 19.2. The summed E-state index contributed by atoms with van der Waals surface area (Å²) in [5.41, 5.74) is 0.942. The first-order chi connectivity index (χ1) is 12.8. The molecule has 0 atom stereocenters. The monoisotopic (exact) mass is 360 g/mol. The summed E-state index contributed by atoms with van der Waals surface area (Å²) in [4.78, 5) is 0. The van der Waals surface area contributed by atoms with E-state index in [9.17, 15) is 5.11 Å². The fourth-order valence-electron chi connectivity index (χ4n) is 3.57. The largest absolute Gasteiger partial charge is 0.492 e.